The third kappa shape index (κ3) is 3.07. The van der Waals surface area contributed by atoms with Crippen molar-refractivity contribution in [1.29, 1.82) is 0 Å². The standard InChI is InChI=1S/C18H27NO/c20-17-10-7-13-19(14-17)15-18(11-5-2-6-12-18)16-8-3-1-4-9-16/h1,3-4,8-9,17,20H,2,5-7,10-15H2/t17-/m1/s1. The number of rotatable bonds is 3. The zero-order valence-corrected chi connectivity index (χ0v) is 12.4. The van der Waals surface area contributed by atoms with E-state index in [1.54, 1.807) is 0 Å². The molecule has 1 aromatic carbocycles. The first-order valence-electron chi connectivity index (χ1n) is 8.24. The fourth-order valence-electron chi connectivity index (χ4n) is 4.16. The molecule has 1 saturated carbocycles. The number of hydrogen-bond acceptors (Lipinski definition) is 2. The van der Waals surface area contributed by atoms with Gasteiger partial charge in [0.2, 0.25) is 0 Å². The van der Waals surface area contributed by atoms with Gasteiger partial charge in [-0.3, -0.25) is 4.90 Å². The van der Waals surface area contributed by atoms with Gasteiger partial charge in [0.25, 0.3) is 0 Å². The first kappa shape index (κ1) is 14.1. The van der Waals surface area contributed by atoms with E-state index < -0.39 is 0 Å². The molecule has 1 aliphatic carbocycles. The van der Waals surface area contributed by atoms with Crippen molar-refractivity contribution in [3.63, 3.8) is 0 Å². The quantitative estimate of drug-likeness (QED) is 0.913. The summed E-state index contributed by atoms with van der Waals surface area (Å²) in [6.07, 6.45) is 8.72. The SMILES string of the molecule is O[C@@H]1CCCN(CC2(c3ccccc3)CCCCC2)C1. The lowest BCUT2D eigenvalue weighted by molar-refractivity contribution is 0.0510. The normalized spacial score (nSPS) is 27.4. The second kappa shape index (κ2) is 6.28. The molecule has 1 aliphatic heterocycles. The van der Waals surface area contributed by atoms with Gasteiger partial charge in [-0.15, -0.1) is 0 Å². The molecule has 0 unspecified atom stereocenters. The molecule has 1 atom stereocenters. The average Bonchev–Trinajstić information content (AvgIpc) is 2.49. The molecule has 1 aromatic rings. The number of likely N-dealkylation sites (tertiary alicyclic amines) is 1. The molecular formula is C18H27NO. The molecule has 1 N–H and O–H groups in total. The van der Waals surface area contributed by atoms with E-state index in [1.165, 1.54) is 37.7 Å². The van der Waals surface area contributed by atoms with Gasteiger partial charge in [-0.1, -0.05) is 49.6 Å². The van der Waals surface area contributed by atoms with E-state index in [9.17, 15) is 5.11 Å². The topological polar surface area (TPSA) is 23.5 Å². The van der Waals surface area contributed by atoms with E-state index in [0.29, 0.717) is 5.41 Å². The Bertz CT molecular complexity index is 411. The predicted octanol–water partition coefficient (Wildman–Crippen LogP) is 3.35. The Kier molecular flexibility index (Phi) is 4.42. The Morgan fingerprint density at radius 3 is 2.50 bits per heavy atom. The molecule has 2 aliphatic rings. The Morgan fingerprint density at radius 2 is 1.80 bits per heavy atom. The van der Waals surface area contributed by atoms with Crippen LogP contribution in [0.5, 0.6) is 0 Å². The fourth-order valence-corrected chi connectivity index (χ4v) is 4.16. The van der Waals surface area contributed by atoms with Crippen molar-refractivity contribution < 1.29 is 5.11 Å². The Morgan fingerprint density at radius 1 is 1.05 bits per heavy atom. The minimum atomic E-state index is -0.111. The van der Waals surface area contributed by atoms with Gasteiger partial charge in [0.15, 0.2) is 0 Å². The summed E-state index contributed by atoms with van der Waals surface area (Å²) in [7, 11) is 0. The van der Waals surface area contributed by atoms with Crippen molar-refractivity contribution >= 4 is 0 Å². The monoisotopic (exact) mass is 273 g/mol. The second-order valence-corrected chi connectivity index (χ2v) is 6.74. The van der Waals surface area contributed by atoms with E-state index in [2.05, 4.69) is 35.2 Å². The van der Waals surface area contributed by atoms with Crippen molar-refractivity contribution in [3.05, 3.63) is 35.9 Å². The Labute approximate surface area is 122 Å². The van der Waals surface area contributed by atoms with Crippen LogP contribution in [0.3, 0.4) is 0 Å². The van der Waals surface area contributed by atoms with Crippen molar-refractivity contribution in [1.82, 2.24) is 4.90 Å². The molecule has 2 heteroatoms. The van der Waals surface area contributed by atoms with Gasteiger partial charge >= 0.3 is 0 Å². The third-order valence-electron chi connectivity index (χ3n) is 5.20. The largest absolute Gasteiger partial charge is 0.392 e. The summed E-state index contributed by atoms with van der Waals surface area (Å²) in [5.74, 6) is 0. The van der Waals surface area contributed by atoms with Crippen LogP contribution in [0.25, 0.3) is 0 Å². The fraction of sp³-hybridized carbons (Fsp3) is 0.667. The summed E-state index contributed by atoms with van der Waals surface area (Å²) in [4.78, 5) is 2.51. The summed E-state index contributed by atoms with van der Waals surface area (Å²) in [6.45, 7) is 3.16. The number of β-amino-alcohol motifs (C(OH)–C–C–N with tert-alkyl or cyclic N) is 1. The average molecular weight is 273 g/mol. The first-order chi connectivity index (χ1) is 9.78. The molecule has 0 radical (unpaired) electrons. The molecule has 0 spiro atoms. The molecule has 0 bridgehead atoms. The van der Waals surface area contributed by atoms with Crippen molar-refractivity contribution in [3.8, 4) is 0 Å². The van der Waals surface area contributed by atoms with Crippen molar-refractivity contribution in [2.75, 3.05) is 19.6 Å². The number of piperidine rings is 1. The van der Waals surface area contributed by atoms with Gasteiger partial charge in [-0.2, -0.15) is 0 Å². The van der Waals surface area contributed by atoms with Gasteiger partial charge < -0.3 is 5.11 Å². The third-order valence-corrected chi connectivity index (χ3v) is 5.20. The van der Waals surface area contributed by atoms with Crippen LogP contribution < -0.4 is 0 Å². The molecule has 110 valence electrons. The van der Waals surface area contributed by atoms with Gasteiger partial charge in [0, 0.05) is 18.5 Å². The maximum atomic E-state index is 9.92. The van der Waals surface area contributed by atoms with E-state index in [1.807, 2.05) is 0 Å². The van der Waals surface area contributed by atoms with Crippen LogP contribution in [0, 0.1) is 0 Å². The number of nitrogens with zero attached hydrogens (tertiary/aromatic N) is 1. The van der Waals surface area contributed by atoms with Gasteiger partial charge in [-0.05, 0) is 37.8 Å². The number of hydrogen-bond donors (Lipinski definition) is 1. The molecule has 3 rings (SSSR count). The van der Waals surface area contributed by atoms with Crippen LogP contribution in [0.15, 0.2) is 30.3 Å². The van der Waals surface area contributed by atoms with Crippen molar-refractivity contribution in [2.45, 2.75) is 56.5 Å². The second-order valence-electron chi connectivity index (χ2n) is 6.74. The highest BCUT2D eigenvalue weighted by Gasteiger charge is 2.36. The molecule has 2 fully saturated rings. The maximum Gasteiger partial charge on any atom is 0.0667 e. The molecule has 0 aromatic heterocycles. The summed E-state index contributed by atoms with van der Waals surface area (Å²) in [6, 6.07) is 11.1. The lowest BCUT2D eigenvalue weighted by Gasteiger charge is -2.43. The zero-order chi connectivity index (χ0) is 13.8. The highest BCUT2D eigenvalue weighted by atomic mass is 16.3. The van der Waals surface area contributed by atoms with Gasteiger partial charge in [-0.25, -0.2) is 0 Å². The zero-order valence-electron chi connectivity index (χ0n) is 12.4. The molecule has 20 heavy (non-hydrogen) atoms. The minimum Gasteiger partial charge on any atom is -0.392 e. The summed E-state index contributed by atoms with van der Waals surface area (Å²) in [5, 5.41) is 9.92. The van der Waals surface area contributed by atoms with E-state index >= 15 is 0 Å². The van der Waals surface area contributed by atoms with Crippen molar-refractivity contribution in [2.24, 2.45) is 0 Å². The van der Waals surface area contributed by atoms with Crippen LogP contribution in [-0.4, -0.2) is 35.7 Å². The first-order valence-corrected chi connectivity index (χ1v) is 8.24. The van der Waals surface area contributed by atoms with Crippen LogP contribution in [-0.2, 0) is 5.41 Å². The van der Waals surface area contributed by atoms with Crippen LogP contribution in [0.4, 0.5) is 0 Å². The lowest BCUT2D eigenvalue weighted by atomic mass is 9.69. The summed E-state index contributed by atoms with van der Waals surface area (Å²) in [5.41, 5.74) is 1.84. The van der Waals surface area contributed by atoms with Gasteiger partial charge in [0.1, 0.15) is 0 Å². The number of aliphatic hydroxyl groups excluding tert-OH is 1. The van der Waals surface area contributed by atoms with Crippen LogP contribution in [0.1, 0.15) is 50.5 Å². The Hall–Kier alpha value is -0.860. The van der Waals surface area contributed by atoms with Crippen LogP contribution in [0.2, 0.25) is 0 Å². The molecule has 2 nitrogen and oxygen atoms in total. The number of benzene rings is 1. The predicted molar refractivity (Wildman–Crippen MR) is 82.9 cm³/mol. The molecule has 1 saturated heterocycles. The van der Waals surface area contributed by atoms with E-state index in [4.69, 9.17) is 0 Å². The number of aliphatic hydroxyl groups is 1. The van der Waals surface area contributed by atoms with E-state index in [0.717, 1.165) is 32.5 Å². The Balaban J connectivity index is 1.79. The minimum absolute atomic E-state index is 0.111. The van der Waals surface area contributed by atoms with Crippen LogP contribution >= 0.6 is 0 Å². The van der Waals surface area contributed by atoms with Gasteiger partial charge in [0.05, 0.1) is 6.10 Å². The summed E-state index contributed by atoms with van der Waals surface area (Å²) < 4.78 is 0. The highest BCUT2D eigenvalue weighted by molar-refractivity contribution is 5.26. The smallest absolute Gasteiger partial charge is 0.0667 e. The summed E-state index contributed by atoms with van der Waals surface area (Å²) >= 11 is 0. The van der Waals surface area contributed by atoms with E-state index in [-0.39, 0.29) is 6.10 Å². The molecule has 1 heterocycles. The highest BCUT2D eigenvalue weighted by Crippen LogP contribution is 2.40. The molecule has 0 amide bonds. The maximum absolute atomic E-state index is 9.92. The lowest BCUT2D eigenvalue weighted by Crippen LogP contribution is -2.47. The molecular weight excluding hydrogens is 246 g/mol.